The van der Waals surface area contributed by atoms with E-state index in [4.69, 9.17) is 21.0 Å². The molecular formula is C43H42ClF8N9O4S. The highest BCUT2D eigenvalue weighted by Gasteiger charge is 2.55. The van der Waals surface area contributed by atoms with Crippen LogP contribution in [0, 0.1) is 17.6 Å². The highest BCUT2D eigenvalue weighted by atomic mass is 35.5. The standard InChI is InChI=1S/C43H42ClF8N9O4S/c1-19-20(2)43(51,52)36-31(19)34(37(47)48)58-61(36)18-30(62)54-29(16-21-14-22(45)17-23(46)15-21)33-26(9-6-24(53-33)12-13-42(3,4)66(63,64)25-7-8-25)27-10-11-28(44)32-35(27)60(5)59-39(32)55-41-57-56-40(65-41)38(49)50/h6,9-11,14-15,17,19-20,25,29,37-38H,7-8,12-13,16,18H2,1-5H3,(H,54,62)(H,55,57,59)/t19-,20+,29-/m0/s1. The molecule has 0 spiro atoms. The predicted molar refractivity (Wildman–Crippen MR) is 225 cm³/mol. The zero-order valence-electron chi connectivity index (χ0n) is 35.8. The summed E-state index contributed by atoms with van der Waals surface area (Å²) in [4.78, 5) is 19.2. The molecule has 0 saturated heterocycles. The van der Waals surface area contributed by atoms with Crippen molar-refractivity contribution in [2.24, 2.45) is 13.0 Å². The molecule has 0 aliphatic heterocycles. The Morgan fingerprint density at radius 2 is 1.65 bits per heavy atom. The molecule has 2 aromatic carbocycles. The van der Waals surface area contributed by atoms with Gasteiger partial charge in [0.2, 0.25) is 5.91 Å². The van der Waals surface area contributed by atoms with Crippen molar-refractivity contribution < 1.29 is 52.8 Å². The van der Waals surface area contributed by atoms with Gasteiger partial charge >= 0.3 is 12.4 Å². The van der Waals surface area contributed by atoms with Gasteiger partial charge in [-0.15, -0.1) is 5.10 Å². The highest BCUT2D eigenvalue weighted by Crippen LogP contribution is 2.54. The molecule has 352 valence electrons. The molecule has 1 fully saturated rings. The zero-order valence-corrected chi connectivity index (χ0v) is 37.4. The number of hydrogen-bond donors (Lipinski definition) is 2. The Bertz CT molecular complexity index is 2950. The summed E-state index contributed by atoms with van der Waals surface area (Å²) >= 11 is 6.73. The number of amides is 1. The minimum absolute atomic E-state index is 0.00416. The van der Waals surface area contributed by atoms with E-state index in [0.717, 1.165) is 12.1 Å². The minimum atomic E-state index is -3.64. The monoisotopic (exact) mass is 967 g/mol. The van der Waals surface area contributed by atoms with Crippen LogP contribution in [0.15, 0.2) is 46.9 Å². The maximum atomic E-state index is 15.7. The van der Waals surface area contributed by atoms with Gasteiger partial charge in [-0.1, -0.05) is 42.7 Å². The second-order valence-electron chi connectivity index (χ2n) is 17.3. The van der Waals surface area contributed by atoms with Gasteiger partial charge in [-0.05, 0) is 81.7 Å². The van der Waals surface area contributed by atoms with Crippen molar-refractivity contribution in [3.05, 3.63) is 98.9 Å². The van der Waals surface area contributed by atoms with Gasteiger partial charge < -0.3 is 9.73 Å². The highest BCUT2D eigenvalue weighted by molar-refractivity contribution is 7.93. The predicted octanol–water partition coefficient (Wildman–Crippen LogP) is 10.00. The first-order valence-corrected chi connectivity index (χ1v) is 22.7. The third kappa shape index (κ3) is 8.61. The number of nitrogens with zero attached hydrogens (tertiary/aromatic N) is 7. The molecule has 1 saturated carbocycles. The maximum absolute atomic E-state index is 15.7. The topological polar surface area (TPSA) is 163 Å². The maximum Gasteiger partial charge on any atom is 0.321 e. The average molecular weight is 968 g/mol. The first-order chi connectivity index (χ1) is 31.0. The second kappa shape index (κ2) is 17.2. The molecule has 1 amide bonds. The van der Waals surface area contributed by atoms with Gasteiger partial charge in [-0.3, -0.25) is 24.5 Å². The molecule has 2 N–H and O–H groups in total. The molecule has 23 heteroatoms. The minimum Gasteiger partial charge on any atom is -0.402 e. The summed E-state index contributed by atoms with van der Waals surface area (Å²) in [7, 11) is -1.99. The summed E-state index contributed by atoms with van der Waals surface area (Å²) in [6.45, 7) is 4.86. The lowest BCUT2D eigenvalue weighted by molar-refractivity contribution is -0.123. The van der Waals surface area contributed by atoms with Gasteiger partial charge in [0, 0.05) is 41.4 Å². The van der Waals surface area contributed by atoms with Crippen LogP contribution in [-0.4, -0.2) is 59.1 Å². The summed E-state index contributed by atoms with van der Waals surface area (Å²) in [5.74, 6) is -9.92. The Morgan fingerprint density at radius 3 is 2.29 bits per heavy atom. The van der Waals surface area contributed by atoms with Crippen LogP contribution >= 0.6 is 11.6 Å². The fraction of sp³-hybridized carbons (Fsp3) is 0.442. The molecule has 0 unspecified atom stereocenters. The quantitative estimate of drug-likeness (QED) is 0.0893. The summed E-state index contributed by atoms with van der Waals surface area (Å²) in [5, 5.41) is 20.5. The molecule has 0 radical (unpaired) electrons. The van der Waals surface area contributed by atoms with Crippen LogP contribution in [0.1, 0.15) is 112 Å². The van der Waals surface area contributed by atoms with Crippen molar-refractivity contribution in [3.8, 4) is 11.1 Å². The van der Waals surface area contributed by atoms with E-state index in [9.17, 15) is 39.6 Å². The number of nitrogens with one attached hydrogen (secondary N) is 2. The van der Waals surface area contributed by atoms with Crippen molar-refractivity contribution in [2.75, 3.05) is 5.32 Å². The number of halogens is 9. The lowest BCUT2D eigenvalue weighted by Gasteiger charge is -2.26. The third-order valence-electron chi connectivity index (χ3n) is 12.4. The number of benzene rings is 2. The van der Waals surface area contributed by atoms with E-state index in [1.54, 1.807) is 32.0 Å². The van der Waals surface area contributed by atoms with Crippen molar-refractivity contribution in [1.29, 1.82) is 0 Å². The number of rotatable bonds is 16. The van der Waals surface area contributed by atoms with E-state index in [0.29, 0.717) is 40.4 Å². The number of hydrogen-bond acceptors (Lipinski definition) is 10. The summed E-state index contributed by atoms with van der Waals surface area (Å²) in [6.07, 6.45) is -5.34. The molecule has 3 atom stereocenters. The lowest BCUT2D eigenvalue weighted by Crippen LogP contribution is -2.36. The molecule has 8 rings (SSSR count). The fourth-order valence-electron chi connectivity index (χ4n) is 8.61. The van der Waals surface area contributed by atoms with Gasteiger partial charge in [-0.2, -0.15) is 27.8 Å². The third-order valence-corrected chi connectivity index (χ3v) is 15.8. The molecule has 2 aliphatic carbocycles. The smallest absolute Gasteiger partial charge is 0.321 e. The first-order valence-electron chi connectivity index (χ1n) is 20.8. The van der Waals surface area contributed by atoms with Crippen LogP contribution in [0.4, 0.5) is 47.0 Å². The Hall–Kier alpha value is -5.64. The van der Waals surface area contributed by atoms with Gasteiger partial charge in [-0.25, -0.2) is 26.0 Å². The van der Waals surface area contributed by atoms with Crippen LogP contribution in [0.25, 0.3) is 22.0 Å². The number of pyridine rings is 1. The fourth-order valence-corrected chi connectivity index (χ4v) is 10.9. The van der Waals surface area contributed by atoms with E-state index < -0.39 is 104 Å². The Morgan fingerprint density at radius 1 is 0.970 bits per heavy atom. The van der Waals surface area contributed by atoms with Crippen molar-refractivity contribution in [2.45, 2.75) is 107 Å². The Kier molecular flexibility index (Phi) is 12.2. The zero-order chi connectivity index (χ0) is 47.8. The van der Waals surface area contributed by atoms with Crippen molar-refractivity contribution in [1.82, 2.24) is 40.1 Å². The summed E-state index contributed by atoms with van der Waals surface area (Å²) in [5.41, 5.74) is -0.701. The van der Waals surface area contributed by atoms with Crippen LogP contribution < -0.4 is 10.6 Å². The normalized spacial score (nSPS) is 17.8. The van der Waals surface area contributed by atoms with Gasteiger partial charge in [0.05, 0.1) is 37.7 Å². The van der Waals surface area contributed by atoms with Crippen LogP contribution in [0.2, 0.25) is 5.02 Å². The number of aromatic nitrogens is 7. The number of fused-ring (bicyclic) bond motifs is 2. The van der Waals surface area contributed by atoms with E-state index in [1.807, 2.05) is 0 Å². The van der Waals surface area contributed by atoms with Crippen LogP contribution in [0.3, 0.4) is 0 Å². The van der Waals surface area contributed by atoms with Gasteiger partial charge in [0.25, 0.3) is 18.2 Å². The van der Waals surface area contributed by atoms with Gasteiger partial charge in [0.1, 0.15) is 29.6 Å². The van der Waals surface area contributed by atoms with Crippen molar-refractivity contribution >= 4 is 50.1 Å². The largest absolute Gasteiger partial charge is 0.402 e. The molecule has 0 bridgehead atoms. The molecule has 66 heavy (non-hydrogen) atoms. The number of sulfone groups is 1. The number of anilines is 2. The number of aryl methyl sites for hydroxylation is 2. The SMILES string of the molecule is C[C@@H]1c2c(C(F)F)nn(CC(=O)N[C@@H](Cc3cc(F)cc(F)c3)c3nc(CCC(C)(C)S(=O)(=O)C4CC4)ccc3-c3ccc(Cl)c4c(Nc5nnc(C(F)F)o5)nn(C)c34)c2C(F)(F)[C@@H]1C. The average Bonchev–Trinajstić information content (AvgIpc) is 3.68. The first kappa shape index (κ1) is 46.9. The molecule has 6 aromatic rings. The van der Waals surface area contributed by atoms with E-state index in [2.05, 4.69) is 31.0 Å². The number of alkyl halides is 6. The molecule has 2 aliphatic rings. The van der Waals surface area contributed by atoms with E-state index >= 15 is 8.78 Å². The summed E-state index contributed by atoms with van der Waals surface area (Å²) < 4.78 is 149. The Balaban J connectivity index is 1.26. The molecule has 4 aromatic heterocycles. The second-order valence-corrected chi connectivity index (χ2v) is 20.6. The van der Waals surface area contributed by atoms with Crippen molar-refractivity contribution in [3.63, 3.8) is 0 Å². The van der Waals surface area contributed by atoms with Crippen LogP contribution in [-0.2, 0) is 47.0 Å². The van der Waals surface area contributed by atoms with Gasteiger partial charge in [0.15, 0.2) is 15.7 Å². The summed E-state index contributed by atoms with van der Waals surface area (Å²) in [6, 6.07) is 7.23. The van der Waals surface area contributed by atoms with E-state index in [-0.39, 0.29) is 57.9 Å². The van der Waals surface area contributed by atoms with Crippen LogP contribution in [0.5, 0.6) is 0 Å². The molecular weight excluding hydrogens is 926 g/mol. The molecule has 4 heterocycles. The number of carbonyl (C=O) groups is 1. The lowest BCUT2D eigenvalue weighted by atomic mass is 9.93. The molecule has 13 nitrogen and oxygen atoms in total. The van der Waals surface area contributed by atoms with E-state index in [1.165, 1.54) is 31.6 Å². The number of carbonyl (C=O) groups excluding carboxylic acids is 1. The Labute approximate surface area is 377 Å².